The maximum Gasteiger partial charge on any atom is 0.238 e. The molecule has 36 heavy (non-hydrogen) atoms. The van der Waals surface area contributed by atoms with E-state index in [0.717, 1.165) is 32.1 Å². The van der Waals surface area contributed by atoms with Crippen LogP contribution in [-0.2, 0) is 4.79 Å². The van der Waals surface area contributed by atoms with Gasteiger partial charge in [-0.3, -0.25) is 9.69 Å². The number of nitrogens with zero attached hydrogens (tertiary/aromatic N) is 3. The Labute approximate surface area is 213 Å². The average Bonchev–Trinajstić information content (AvgIpc) is 2.87. The first kappa shape index (κ1) is 24.7. The van der Waals surface area contributed by atoms with E-state index in [-0.39, 0.29) is 17.6 Å². The topological polar surface area (TPSA) is 72.1 Å². The van der Waals surface area contributed by atoms with Crippen LogP contribution < -0.4 is 10.6 Å². The van der Waals surface area contributed by atoms with Gasteiger partial charge < -0.3 is 5.73 Å². The summed E-state index contributed by atoms with van der Waals surface area (Å²) in [5, 5.41) is 0. The molecule has 1 aromatic carbocycles. The van der Waals surface area contributed by atoms with Crippen LogP contribution in [0.3, 0.4) is 0 Å². The van der Waals surface area contributed by atoms with Crippen molar-refractivity contribution in [2.24, 2.45) is 35.0 Å². The second-order valence-electron chi connectivity index (χ2n) is 11.5. The lowest BCUT2D eigenvalue weighted by Crippen LogP contribution is -2.53. The number of rotatable bonds is 4. The highest BCUT2D eigenvalue weighted by Gasteiger charge is 2.54. The third-order valence-corrected chi connectivity index (χ3v) is 9.08. The first-order valence-electron chi connectivity index (χ1n) is 13.3. The van der Waals surface area contributed by atoms with Crippen LogP contribution in [0.1, 0.15) is 59.8 Å². The molecule has 2 N–H and O–H groups in total. The van der Waals surface area contributed by atoms with Crippen molar-refractivity contribution in [3.8, 4) is 0 Å². The number of amides is 1. The lowest BCUT2D eigenvalue weighted by molar-refractivity contribution is -0.136. The Morgan fingerprint density at radius 2 is 1.94 bits per heavy atom. The van der Waals surface area contributed by atoms with E-state index in [1.807, 2.05) is 0 Å². The van der Waals surface area contributed by atoms with Crippen LogP contribution in [0.5, 0.6) is 0 Å². The van der Waals surface area contributed by atoms with Crippen molar-refractivity contribution in [1.29, 1.82) is 0 Å². The molecule has 0 bridgehead atoms. The van der Waals surface area contributed by atoms with Crippen molar-refractivity contribution in [1.82, 2.24) is 9.97 Å². The number of anilines is 3. The van der Waals surface area contributed by atoms with Crippen LogP contribution in [0, 0.1) is 40.8 Å². The van der Waals surface area contributed by atoms with Crippen LogP contribution in [-0.4, -0.2) is 15.9 Å². The highest BCUT2D eigenvalue weighted by atomic mass is 19.1. The van der Waals surface area contributed by atoms with E-state index in [9.17, 15) is 9.18 Å². The number of hydrogen-bond donors (Lipinski definition) is 1. The number of nitrogens with two attached hydrogens (primary N) is 1. The minimum absolute atomic E-state index is 0.000166. The number of benzene rings is 1. The zero-order valence-corrected chi connectivity index (χ0v) is 21.7. The quantitative estimate of drug-likeness (QED) is 0.511. The standard InChI is InChI=1S/C30H37FN4O/c1-18(2)20-5-11-24-21(15-20)6-12-25-28(24)19(3)13-14-30(25,4)29(36)35(23-9-7-22(31)8-10-23)27-16-26(32)33-17-34-27/h6-10,15-19,24-25,28H,5,11-14H2,1-4H3,(H2,32,33,34)/t19-,24-,25+,28+,30+/m0/s1. The number of carbonyl (C=O) groups is 1. The first-order chi connectivity index (χ1) is 17.2. The number of halogens is 1. The monoisotopic (exact) mass is 488 g/mol. The van der Waals surface area contributed by atoms with Gasteiger partial charge in [0.25, 0.3) is 0 Å². The van der Waals surface area contributed by atoms with E-state index < -0.39 is 5.41 Å². The van der Waals surface area contributed by atoms with Gasteiger partial charge in [-0.2, -0.15) is 0 Å². The molecular formula is C30H37FN4O. The molecule has 3 aliphatic carbocycles. The molecule has 5 rings (SSSR count). The fourth-order valence-electron chi connectivity index (χ4n) is 6.99. The van der Waals surface area contributed by atoms with Gasteiger partial charge in [-0.1, -0.05) is 45.4 Å². The van der Waals surface area contributed by atoms with E-state index >= 15 is 0 Å². The zero-order valence-electron chi connectivity index (χ0n) is 21.7. The van der Waals surface area contributed by atoms with Crippen LogP contribution in [0.25, 0.3) is 0 Å². The molecule has 1 fully saturated rings. The molecule has 5 atom stereocenters. The molecular weight excluding hydrogens is 451 g/mol. The second-order valence-corrected chi connectivity index (χ2v) is 11.5. The van der Waals surface area contributed by atoms with Gasteiger partial charge in [-0.15, -0.1) is 0 Å². The number of carbonyl (C=O) groups excluding carboxylic acids is 1. The van der Waals surface area contributed by atoms with Crippen molar-refractivity contribution >= 4 is 23.2 Å². The minimum Gasteiger partial charge on any atom is -0.384 e. The largest absolute Gasteiger partial charge is 0.384 e. The third kappa shape index (κ3) is 4.25. The summed E-state index contributed by atoms with van der Waals surface area (Å²) in [6.07, 6.45) is 11.3. The van der Waals surface area contributed by atoms with Crippen LogP contribution in [0.4, 0.5) is 21.7 Å². The lowest BCUT2D eigenvalue weighted by atomic mass is 9.51. The van der Waals surface area contributed by atoms with Gasteiger partial charge in [-0.25, -0.2) is 14.4 Å². The Morgan fingerprint density at radius 1 is 1.19 bits per heavy atom. The molecule has 0 spiro atoms. The van der Waals surface area contributed by atoms with Gasteiger partial charge in [-0.05, 0) is 91.5 Å². The van der Waals surface area contributed by atoms with Crippen LogP contribution in [0.15, 0.2) is 60.0 Å². The number of hydrogen-bond acceptors (Lipinski definition) is 4. The summed E-state index contributed by atoms with van der Waals surface area (Å²) in [6.45, 7) is 9.06. The fraction of sp³-hybridized carbons (Fsp3) is 0.500. The molecule has 190 valence electrons. The first-order valence-corrected chi connectivity index (χ1v) is 13.3. The van der Waals surface area contributed by atoms with E-state index in [1.54, 1.807) is 28.7 Å². The molecule has 1 aromatic heterocycles. The van der Waals surface area contributed by atoms with Gasteiger partial charge in [0.2, 0.25) is 5.91 Å². The Morgan fingerprint density at radius 3 is 2.64 bits per heavy atom. The number of allylic oxidation sites excluding steroid dienone is 4. The third-order valence-electron chi connectivity index (χ3n) is 9.08. The van der Waals surface area contributed by atoms with Gasteiger partial charge >= 0.3 is 0 Å². The molecule has 0 radical (unpaired) electrons. The molecule has 1 heterocycles. The molecule has 5 nitrogen and oxygen atoms in total. The summed E-state index contributed by atoms with van der Waals surface area (Å²) in [7, 11) is 0. The van der Waals surface area contributed by atoms with E-state index in [2.05, 4.69) is 49.8 Å². The van der Waals surface area contributed by atoms with Crippen molar-refractivity contribution in [3.63, 3.8) is 0 Å². The number of aromatic nitrogens is 2. The maximum absolute atomic E-state index is 14.6. The molecule has 0 unspecified atom stereocenters. The van der Waals surface area contributed by atoms with Crippen LogP contribution >= 0.6 is 0 Å². The maximum atomic E-state index is 14.6. The number of fused-ring (bicyclic) bond motifs is 3. The zero-order chi connectivity index (χ0) is 25.6. The highest BCUT2D eigenvalue weighted by molar-refractivity contribution is 6.03. The molecule has 0 aliphatic heterocycles. The van der Waals surface area contributed by atoms with Crippen molar-refractivity contribution in [2.75, 3.05) is 10.6 Å². The van der Waals surface area contributed by atoms with Gasteiger partial charge in [0, 0.05) is 6.07 Å². The summed E-state index contributed by atoms with van der Waals surface area (Å²) in [5.41, 5.74) is 9.02. The SMILES string of the molecule is CC(C)C1=CC2=CC[C@@H]3[C@H]([C@@H](C)CC[C@@]3(C)C(=O)N(c3ccc(F)cc3)c3cc(N)ncn3)[C@H]2CC1. The van der Waals surface area contributed by atoms with Crippen molar-refractivity contribution in [2.45, 2.75) is 59.8 Å². The Kier molecular flexibility index (Phi) is 6.48. The second kappa shape index (κ2) is 9.45. The summed E-state index contributed by atoms with van der Waals surface area (Å²) < 4.78 is 13.8. The van der Waals surface area contributed by atoms with E-state index in [4.69, 9.17) is 5.73 Å². The Hall–Kier alpha value is -3.02. The van der Waals surface area contributed by atoms with Crippen LogP contribution in [0.2, 0.25) is 0 Å². The smallest absolute Gasteiger partial charge is 0.238 e. The molecule has 1 saturated carbocycles. The minimum atomic E-state index is -0.574. The molecule has 2 aromatic rings. The highest BCUT2D eigenvalue weighted by Crippen LogP contribution is 2.58. The van der Waals surface area contributed by atoms with Gasteiger partial charge in [0.15, 0.2) is 0 Å². The molecule has 6 heteroatoms. The Bertz CT molecular complexity index is 1200. The number of nitrogen functional groups attached to an aromatic ring is 1. The van der Waals surface area contributed by atoms with Gasteiger partial charge in [0.1, 0.15) is 23.8 Å². The predicted molar refractivity (Wildman–Crippen MR) is 142 cm³/mol. The Balaban J connectivity index is 1.55. The normalized spacial score (nSPS) is 29.6. The van der Waals surface area contributed by atoms with E-state index in [0.29, 0.717) is 41.0 Å². The summed E-state index contributed by atoms with van der Waals surface area (Å²) in [5.74, 6) is 2.70. The van der Waals surface area contributed by atoms with Gasteiger partial charge in [0.05, 0.1) is 11.1 Å². The predicted octanol–water partition coefficient (Wildman–Crippen LogP) is 6.85. The summed E-state index contributed by atoms with van der Waals surface area (Å²) in [6, 6.07) is 7.65. The summed E-state index contributed by atoms with van der Waals surface area (Å²) >= 11 is 0. The van der Waals surface area contributed by atoms with E-state index in [1.165, 1.54) is 24.0 Å². The molecule has 3 aliphatic rings. The van der Waals surface area contributed by atoms with Crippen molar-refractivity contribution < 1.29 is 9.18 Å². The fourth-order valence-corrected chi connectivity index (χ4v) is 6.99. The molecule has 0 saturated heterocycles. The van der Waals surface area contributed by atoms with Crippen molar-refractivity contribution in [3.05, 3.63) is 65.8 Å². The molecule has 1 amide bonds. The average molecular weight is 489 g/mol. The summed E-state index contributed by atoms with van der Waals surface area (Å²) in [4.78, 5) is 24.6. The lowest BCUT2D eigenvalue weighted by Gasteiger charge is -2.54.